The van der Waals surface area contributed by atoms with Gasteiger partial charge in [0.15, 0.2) is 0 Å². The van der Waals surface area contributed by atoms with Crippen molar-refractivity contribution in [1.29, 1.82) is 0 Å². The Morgan fingerprint density at radius 2 is 2.27 bits per heavy atom. The van der Waals surface area contributed by atoms with Crippen LogP contribution >= 0.6 is 0 Å². The third kappa shape index (κ3) is 1.67. The summed E-state index contributed by atoms with van der Waals surface area (Å²) in [4.78, 5) is 0. The van der Waals surface area contributed by atoms with Gasteiger partial charge in [-0.2, -0.15) is 0 Å². The Kier molecular flexibility index (Phi) is 2.41. The molecular formula is C8H15N3. The molecule has 3 N–H and O–H groups in total. The van der Waals surface area contributed by atoms with Crippen LogP contribution in [0.3, 0.4) is 0 Å². The van der Waals surface area contributed by atoms with Gasteiger partial charge in [-0.05, 0) is 18.6 Å². The molecular weight excluding hydrogens is 138 g/mol. The van der Waals surface area contributed by atoms with Crippen molar-refractivity contribution in [1.82, 2.24) is 4.57 Å². The molecule has 1 aromatic rings. The minimum absolute atomic E-state index is 0.795. The standard InChI is InChI=1S/C8H15N3/c1-3-6-10-8-5-4-7(9)11(8)2/h4-5,10H,3,6,9H2,1-2H3. The summed E-state index contributed by atoms with van der Waals surface area (Å²) in [6.07, 6.45) is 1.13. The van der Waals surface area contributed by atoms with Gasteiger partial charge in [-0.25, -0.2) is 0 Å². The summed E-state index contributed by atoms with van der Waals surface area (Å²) >= 11 is 0. The highest BCUT2D eigenvalue weighted by atomic mass is 15.1. The van der Waals surface area contributed by atoms with Gasteiger partial charge in [0.25, 0.3) is 0 Å². The minimum atomic E-state index is 0.795. The van der Waals surface area contributed by atoms with Crippen molar-refractivity contribution in [3.63, 3.8) is 0 Å². The van der Waals surface area contributed by atoms with Gasteiger partial charge in [0, 0.05) is 13.6 Å². The summed E-state index contributed by atoms with van der Waals surface area (Å²) in [5.74, 6) is 1.88. The maximum absolute atomic E-state index is 5.64. The van der Waals surface area contributed by atoms with E-state index in [-0.39, 0.29) is 0 Å². The zero-order chi connectivity index (χ0) is 8.27. The number of rotatable bonds is 3. The molecule has 0 radical (unpaired) electrons. The Hall–Kier alpha value is -1.12. The molecule has 0 aliphatic carbocycles. The van der Waals surface area contributed by atoms with E-state index < -0.39 is 0 Å². The van der Waals surface area contributed by atoms with Gasteiger partial charge < -0.3 is 15.6 Å². The van der Waals surface area contributed by atoms with Crippen LogP contribution in [-0.4, -0.2) is 11.1 Å². The molecule has 3 heteroatoms. The fraction of sp³-hybridized carbons (Fsp3) is 0.500. The molecule has 0 saturated heterocycles. The first-order valence-corrected chi connectivity index (χ1v) is 3.90. The van der Waals surface area contributed by atoms with Crippen LogP contribution in [0.15, 0.2) is 12.1 Å². The SMILES string of the molecule is CCCNc1ccc(N)n1C. The predicted molar refractivity (Wildman–Crippen MR) is 48.6 cm³/mol. The van der Waals surface area contributed by atoms with Gasteiger partial charge >= 0.3 is 0 Å². The summed E-state index contributed by atoms with van der Waals surface area (Å²) in [6, 6.07) is 3.89. The van der Waals surface area contributed by atoms with Gasteiger partial charge in [0.2, 0.25) is 0 Å². The van der Waals surface area contributed by atoms with Crippen molar-refractivity contribution in [3.8, 4) is 0 Å². The molecule has 0 saturated carbocycles. The summed E-state index contributed by atoms with van der Waals surface area (Å²) in [5, 5.41) is 3.27. The molecule has 3 nitrogen and oxygen atoms in total. The molecule has 0 aliphatic rings. The van der Waals surface area contributed by atoms with Crippen LogP contribution in [0.1, 0.15) is 13.3 Å². The van der Waals surface area contributed by atoms with E-state index in [9.17, 15) is 0 Å². The first-order valence-electron chi connectivity index (χ1n) is 3.90. The predicted octanol–water partition coefficient (Wildman–Crippen LogP) is 1.43. The van der Waals surface area contributed by atoms with Crippen molar-refractivity contribution >= 4 is 11.6 Å². The zero-order valence-corrected chi connectivity index (χ0v) is 7.09. The fourth-order valence-electron chi connectivity index (χ4n) is 0.958. The Balaban J connectivity index is 2.63. The smallest absolute Gasteiger partial charge is 0.107 e. The van der Waals surface area contributed by atoms with Gasteiger partial charge in [-0.3, -0.25) is 0 Å². The van der Waals surface area contributed by atoms with Crippen molar-refractivity contribution in [2.75, 3.05) is 17.6 Å². The molecule has 0 fully saturated rings. The highest BCUT2D eigenvalue weighted by Crippen LogP contribution is 2.13. The summed E-state index contributed by atoms with van der Waals surface area (Å²) in [5.41, 5.74) is 5.64. The first kappa shape index (κ1) is 7.98. The van der Waals surface area contributed by atoms with Gasteiger partial charge in [-0.1, -0.05) is 6.92 Å². The minimum Gasteiger partial charge on any atom is -0.385 e. The van der Waals surface area contributed by atoms with E-state index in [0.717, 1.165) is 24.6 Å². The molecule has 0 amide bonds. The lowest BCUT2D eigenvalue weighted by Crippen LogP contribution is -2.05. The molecule has 0 aliphatic heterocycles. The molecule has 11 heavy (non-hydrogen) atoms. The molecule has 62 valence electrons. The quantitative estimate of drug-likeness (QED) is 0.689. The molecule has 0 bridgehead atoms. The largest absolute Gasteiger partial charge is 0.385 e. The Morgan fingerprint density at radius 1 is 1.55 bits per heavy atom. The summed E-state index contributed by atoms with van der Waals surface area (Å²) < 4.78 is 1.94. The van der Waals surface area contributed by atoms with E-state index >= 15 is 0 Å². The number of nitrogen functional groups attached to an aromatic ring is 1. The third-order valence-electron chi connectivity index (χ3n) is 1.72. The number of hydrogen-bond acceptors (Lipinski definition) is 2. The topological polar surface area (TPSA) is 43.0 Å². The van der Waals surface area contributed by atoms with E-state index in [4.69, 9.17) is 5.73 Å². The first-order chi connectivity index (χ1) is 5.25. The average Bonchev–Trinajstić information content (AvgIpc) is 2.31. The maximum atomic E-state index is 5.64. The van der Waals surface area contributed by atoms with Crippen LogP contribution < -0.4 is 11.1 Å². The second-order valence-electron chi connectivity index (χ2n) is 2.63. The van der Waals surface area contributed by atoms with Gasteiger partial charge in [0.1, 0.15) is 11.6 Å². The lowest BCUT2D eigenvalue weighted by atomic mass is 10.5. The van der Waals surface area contributed by atoms with E-state index in [1.807, 2.05) is 23.7 Å². The average molecular weight is 153 g/mol. The van der Waals surface area contributed by atoms with E-state index in [1.165, 1.54) is 0 Å². The van der Waals surface area contributed by atoms with Crippen molar-refractivity contribution in [2.24, 2.45) is 7.05 Å². The van der Waals surface area contributed by atoms with Crippen LogP contribution in [0.4, 0.5) is 11.6 Å². The number of nitrogens with one attached hydrogen (secondary N) is 1. The van der Waals surface area contributed by atoms with Gasteiger partial charge in [0.05, 0.1) is 0 Å². The maximum Gasteiger partial charge on any atom is 0.107 e. The Morgan fingerprint density at radius 3 is 2.73 bits per heavy atom. The van der Waals surface area contributed by atoms with Gasteiger partial charge in [-0.15, -0.1) is 0 Å². The summed E-state index contributed by atoms with van der Waals surface area (Å²) in [7, 11) is 1.95. The summed E-state index contributed by atoms with van der Waals surface area (Å²) in [6.45, 7) is 3.14. The second-order valence-corrected chi connectivity index (χ2v) is 2.63. The highest BCUT2D eigenvalue weighted by molar-refractivity contribution is 5.47. The van der Waals surface area contributed by atoms with Crippen LogP contribution in [0.2, 0.25) is 0 Å². The van der Waals surface area contributed by atoms with Crippen LogP contribution in [-0.2, 0) is 7.05 Å². The van der Waals surface area contributed by atoms with Crippen LogP contribution in [0.5, 0.6) is 0 Å². The van der Waals surface area contributed by atoms with Crippen molar-refractivity contribution in [2.45, 2.75) is 13.3 Å². The van der Waals surface area contributed by atoms with E-state index in [1.54, 1.807) is 0 Å². The molecule has 0 spiro atoms. The molecule has 0 atom stereocenters. The fourth-order valence-corrected chi connectivity index (χ4v) is 0.958. The van der Waals surface area contributed by atoms with Crippen LogP contribution in [0, 0.1) is 0 Å². The number of nitrogens with zero attached hydrogens (tertiary/aromatic N) is 1. The number of aromatic nitrogens is 1. The lowest BCUT2D eigenvalue weighted by Gasteiger charge is -2.06. The zero-order valence-electron chi connectivity index (χ0n) is 7.09. The monoisotopic (exact) mass is 153 g/mol. The van der Waals surface area contributed by atoms with Crippen molar-refractivity contribution < 1.29 is 0 Å². The van der Waals surface area contributed by atoms with E-state index in [0.29, 0.717) is 0 Å². The molecule has 1 aromatic heterocycles. The molecule has 1 rings (SSSR count). The number of hydrogen-bond donors (Lipinski definition) is 2. The third-order valence-corrected chi connectivity index (χ3v) is 1.72. The Labute approximate surface area is 67.2 Å². The van der Waals surface area contributed by atoms with Crippen molar-refractivity contribution in [3.05, 3.63) is 12.1 Å². The molecule has 1 heterocycles. The number of nitrogens with two attached hydrogens (primary N) is 1. The molecule has 0 aromatic carbocycles. The normalized spacial score (nSPS) is 10.0. The lowest BCUT2D eigenvalue weighted by molar-refractivity contribution is 0.903. The van der Waals surface area contributed by atoms with Crippen LogP contribution in [0.25, 0.3) is 0 Å². The Bertz CT molecular complexity index is 227. The van der Waals surface area contributed by atoms with E-state index in [2.05, 4.69) is 12.2 Å². The highest BCUT2D eigenvalue weighted by Gasteiger charge is 1.97. The molecule has 0 unspecified atom stereocenters. The number of anilines is 2. The second kappa shape index (κ2) is 3.32.